The van der Waals surface area contributed by atoms with Crippen LogP contribution in [0.15, 0.2) is 73.1 Å². The first-order valence-corrected chi connectivity index (χ1v) is 13.9. The van der Waals surface area contributed by atoms with Crippen molar-refractivity contribution >= 4 is 23.1 Å². The van der Waals surface area contributed by atoms with Gasteiger partial charge in [-0.05, 0) is 72.7 Å². The van der Waals surface area contributed by atoms with Gasteiger partial charge in [-0.1, -0.05) is 41.7 Å². The van der Waals surface area contributed by atoms with E-state index in [1.807, 2.05) is 55.7 Å². The van der Waals surface area contributed by atoms with Gasteiger partial charge < -0.3 is 19.3 Å². The Morgan fingerprint density at radius 2 is 1.95 bits per heavy atom. The number of thiazole rings is 1. The van der Waals surface area contributed by atoms with Crippen molar-refractivity contribution in [2.24, 2.45) is 0 Å². The number of hydrogen-bond acceptors (Lipinski definition) is 7. The second-order valence-corrected chi connectivity index (χ2v) is 10.8. The Morgan fingerprint density at radius 1 is 1.11 bits per heavy atom. The molecule has 0 spiro atoms. The molecule has 4 aromatic rings. The van der Waals surface area contributed by atoms with E-state index in [0.29, 0.717) is 22.4 Å². The van der Waals surface area contributed by atoms with E-state index < -0.39 is 0 Å². The number of aromatic nitrogens is 2. The molecule has 8 heteroatoms. The lowest BCUT2D eigenvalue weighted by Crippen LogP contribution is -2.26. The summed E-state index contributed by atoms with van der Waals surface area (Å²) in [5.74, 6) is 2.49. The summed E-state index contributed by atoms with van der Waals surface area (Å²) in [6.07, 6.45) is 7.71. The van der Waals surface area contributed by atoms with Gasteiger partial charge in [0.25, 0.3) is 11.1 Å². The minimum atomic E-state index is -0.0809. The van der Waals surface area contributed by atoms with Gasteiger partial charge in [0.1, 0.15) is 28.3 Å². The third-order valence-corrected chi connectivity index (χ3v) is 7.92. The van der Waals surface area contributed by atoms with E-state index in [1.165, 1.54) is 29.7 Å². The molecule has 4 heterocycles. The number of fused-ring (bicyclic) bond motifs is 1. The van der Waals surface area contributed by atoms with Crippen LogP contribution in [0.3, 0.4) is 0 Å². The topological polar surface area (TPSA) is 67.8 Å². The van der Waals surface area contributed by atoms with E-state index in [9.17, 15) is 4.79 Å². The van der Waals surface area contributed by atoms with Crippen LogP contribution in [0.4, 0.5) is 5.82 Å². The number of carbonyl (C=O) groups excluding carboxylic acids is 1. The monoisotopic (exact) mass is 526 g/mol. The Morgan fingerprint density at radius 3 is 2.79 bits per heavy atom. The fourth-order valence-corrected chi connectivity index (χ4v) is 5.83. The molecule has 1 unspecified atom stereocenters. The molecule has 7 nitrogen and oxygen atoms in total. The van der Waals surface area contributed by atoms with Gasteiger partial charge in [0.15, 0.2) is 0 Å². The van der Waals surface area contributed by atoms with Crippen LogP contribution in [0, 0.1) is 0 Å². The first-order valence-electron chi connectivity index (χ1n) is 13.1. The molecule has 2 aromatic carbocycles. The van der Waals surface area contributed by atoms with E-state index in [2.05, 4.69) is 33.1 Å². The van der Waals surface area contributed by atoms with Crippen molar-refractivity contribution < 1.29 is 14.3 Å². The number of carbonyl (C=O) groups is 1. The largest absolute Gasteiger partial charge is 0.485 e. The molecule has 2 aromatic heterocycles. The number of anilines is 1. The second kappa shape index (κ2) is 10.8. The van der Waals surface area contributed by atoms with Crippen LogP contribution in [0.2, 0.25) is 0 Å². The smallest absolute Gasteiger partial charge is 0.279 e. The molecule has 2 aliphatic rings. The van der Waals surface area contributed by atoms with Crippen LogP contribution in [0.1, 0.15) is 51.7 Å². The number of hydrogen-bond donors (Lipinski definition) is 0. The molecule has 194 valence electrons. The molecule has 0 radical (unpaired) electrons. The van der Waals surface area contributed by atoms with E-state index in [4.69, 9.17) is 9.47 Å². The molecule has 0 bridgehead atoms. The maximum Gasteiger partial charge on any atom is 0.279 e. The van der Waals surface area contributed by atoms with E-state index in [1.54, 1.807) is 11.1 Å². The third kappa shape index (κ3) is 5.36. The van der Waals surface area contributed by atoms with Gasteiger partial charge in [-0.3, -0.25) is 4.79 Å². The fourth-order valence-electron chi connectivity index (χ4n) is 5.05. The van der Waals surface area contributed by atoms with Crippen molar-refractivity contribution in [3.8, 4) is 16.7 Å². The number of rotatable bonds is 7. The van der Waals surface area contributed by atoms with Crippen LogP contribution in [0.25, 0.3) is 0 Å². The average molecular weight is 527 g/mol. The Labute approximate surface area is 226 Å². The van der Waals surface area contributed by atoms with Crippen molar-refractivity contribution in [1.29, 1.82) is 0 Å². The van der Waals surface area contributed by atoms with Crippen LogP contribution in [-0.2, 0) is 13.0 Å². The quantitative estimate of drug-likeness (QED) is 0.283. The van der Waals surface area contributed by atoms with Gasteiger partial charge in [0, 0.05) is 32.9 Å². The lowest BCUT2D eigenvalue weighted by atomic mass is 9.97. The minimum absolute atomic E-state index is 0.0685. The number of ether oxygens (including phenoxy) is 2. The van der Waals surface area contributed by atoms with Gasteiger partial charge in [0.2, 0.25) is 0 Å². The van der Waals surface area contributed by atoms with Crippen molar-refractivity contribution in [1.82, 2.24) is 14.9 Å². The summed E-state index contributed by atoms with van der Waals surface area (Å²) < 4.78 is 12.3. The summed E-state index contributed by atoms with van der Waals surface area (Å²) >= 11 is 1.26. The Kier molecular flexibility index (Phi) is 6.96. The highest BCUT2D eigenvalue weighted by Gasteiger charge is 2.22. The predicted octanol–water partition coefficient (Wildman–Crippen LogP) is 6.27. The fraction of sp³-hybridized carbons (Fsp3) is 0.300. The maximum atomic E-state index is 13.1. The lowest BCUT2D eigenvalue weighted by Gasteiger charge is -2.26. The highest BCUT2D eigenvalue weighted by molar-refractivity contribution is 7.15. The molecular formula is C30H30N4O3S. The Balaban J connectivity index is 1.08. The Hall–Kier alpha value is -3.91. The normalized spacial score (nSPS) is 16.6. The number of pyridine rings is 1. The van der Waals surface area contributed by atoms with Crippen LogP contribution >= 0.6 is 11.3 Å². The second-order valence-electron chi connectivity index (χ2n) is 9.80. The number of aryl methyl sites for hydroxylation is 1. The average Bonchev–Trinajstić information content (AvgIpc) is 3.66. The molecule has 0 N–H and O–H groups in total. The summed E-state index contributed by atoms with van der Waals surface area (Å²) in [7, 11) is 1.81. The van der Waals surface area contributed by atoms with Crippen LogP contribution in [-0.4, -0.2) is 40.9 Å². The van der Waals surface area contributed by atoms with Crippen LogP contribution in [0.5, 0.6) is 16.7 Å². The molecule has 1 fully saturated rings. The lowest BCUT2D eigenvalue weighted by molar-refractivity contribution is 0.0789. The van der Waals surface area contributed by atoms with Gasteiger partial charge in [-0.25, -0.2) is 9.97 Å². The van der Waals surface area contributed by atoms with Gasteiger partial charge in [-0.2, -0.15) is 0 Å². The van der Waals surface area contributed by atoms with E-state index in [0.717, 1.165) is 48.6 Å². The summed E-state index contributed by atoms with van der Waals surface area (Å²) in [6.45, 7) is 2.59. The standard InChI is InChI=1S/C30H30N4O3S/c1-33(20-21-13-14-31-28(17-21)34-15-5-6-16-34)29(35)27-19-32-30(38-27)36-24-10-12-26-23(18-24)9-11-25(37-26)22-7-3-2-4-8-22/h2-4,7-8,10,12-14,17-19,25H,5-6,9,11,15-16,20H2,1H3. The third-order valence-electron chi connectivity index (χ3n) is 7.06. The molecule has 0 saturated carbocycles. The number of benzene rings is 2. The summed E-state index contributed by atoms with van der Waals surface area (Å²) in [5.41, 5.74) is 3.37. The van der Waals surface area contributed by atoms with Gasteiger partial charge in [-0.15, -0.1) is 0 Å². The first kappa shape index (κ1) is 24.4. The zero-order valence-corrected chi connectivity index (χ0v) is 22.2. The summed E-state index contributed by atoms with van der Waals surface area (Å²) in [5, 5.41) is 0.445. The van der Waals surface area contributed by atoms with Crippen LogP contribution < -0.4 is 14.4 Å². The predicted molar refractivity (Wildman–Crippen MR) is 148 cm³/mol. The highest BCUT2D eigenvalue weighted by atomic mass is 32.1. The maximum absolute atomic E-state index is 13.1. The molecule has 38 heavy (non-hydrogen) atoms. The van der Waals surface area contributed by atoms with Crippen molar-refractivity contribution in [2.45, 2.75) is 38.3 Å². The van der Waals surface area contributed by atoms with Gasteiger partial charge >= 0.3 is 0 Å². The molecule has 1 saturated heterocycles. The summed E-state index contributed by atoms with van der Waals surface area (Å²) in [6, 6.07) is 20.2. The van der Waals surface area contributed by atoms with Crippen molar-refractivity contribution in [3.63, 3.8) is 0 Å². The highest BCUT2D eigenvalue weighted by Crippen LogP contribution is 2.38. The van der Waals surface area contributed by atoms with Crippen molar-refractivity contribution in [2.75, 3.05) is 25.0 Å². The van der Waals surface area contributed by atoms with E-state index in [-0.39, 0.29) is 12.0 Å². The molecule has 1 amide bonds. The van der Waals surface area contributed by atoms with E-state index >= 15 is 0 Å². The summed E-state index contributed by atoms with van der Waals surface area (Å²) in [4.78, 5) is 26.5. The van der Waals surface area contributed by atoms with Gasteiger partial charge in [0.05, 0.1) is 6.20 Å². The Bertz CT molecular complexity index is 1420. The molecular weight excluding hydrogens is 496 g/mol. The first-order chi connectivity index (χ1) is 18.6. The SMILES string of the molecule is CN(Cc1ccnc(N2CCCC2)c1)C(=O)c1cnc(Oc2ccc3c(c2)CCC(c2ccccc2)O3)s1. The molecule has 2 aliphatic heterocycles. The number of nitrogens with zero attached hydrogens (tertiary/aromatic N) is 4. The molecule has 1 atom stereocenters. The molecule has 6 rings (SSSR count). The zero-order valence-electron chi connectivity index (χ0n) is 21.4. The zero-order chi connectivity index (χ0) is 25.9. The minimum Gasteiger partial charge on any atom is -0.485 e. The molecule has 0 aliphatic carbocycles. The number of amides is 1. The van der Waals surface area contributed by atoms with Crippen molar-refractivity contribution in [3.05, 3.63) is 94.6 Å².